The Morgan fingerprint density at radius 2 is 0.961 bits per heavy atom. The Hall–Kier alpha value is -1.25. The Kier molecular flexibility index (Phi) is 37.5. The van der Waals surface area contributed by atoms with E-state index in [0.29, 0.717) is 6.42 Å². The molecule has 0 spiro atoms. The number of phosphoric ester groups is 1. The zero-order chi connectivity index (χ0) is 37.5. The molecule has 0 aliphatic rings. The summed E-state index contributed by atoms with van der Waals surface area (Å²) in [6, 6.07) is 0. The molecule has 9 nitrogen and oxygen atoms in total. The maximum absolute atomic E-state index is 12.5. The van der Waals surface area contributed by atoms with E-state index < -0.39 is 26.5 Å². The van der Waals surface area contributed by atoms with Gasteiger partial charge in [-0.2, -0.15) is 0 Å². The molecule has 0 fully saturated rings. The Morgan fingerprint density at radius 3 is 1.43 bits per heavy atom. The minimum atomic E-state index is -4.37. The van der Waals surface area contributed by atoms with Crippen LogP contribution in [0.4, 0.5) is 0 Å². The lowest BCUT2D eigenvalue weighted by atomic mass is 10.0. The number of nitrogens with two attached hydrogens (primary N) is 1. The summed E-state index contributed by atoms with van der Waals surface area (Å²) in [5.74, 6) is -0.830. The van der Waals surface area contributed by atoms with Crippen LogP contribution in [0.2, 0.25) is 0 Å². The fourth-order valence-corrected chi connectivity index (χ4v) is 6.75. The normalized spacial score (nSPS) is 13.4. The quantitative estimate of drug-likeness (QED) is 0.0272. The van der Waals surface area contributed by atoms with Crippen LogP contribution >= 0.6 is 7.82 Å². The van der Waals surface area contributed by atoms with E-state index in [9.17, 15) is 19.0 Å². The van der Waals surface area contributed by atoms with Gasteiger partial charge in [-0.25, -0.2) is 4.57 Å². The molecule has 10 heteroatoms. The van der Waals surface area contributed by atoms with Crippen LogP contribution in [-0.4, -0.2) is 49.3 Å². The number of phosphoric acid groups is 1. The summed E-state index contributed by atoms with van der Waals surface area (Å²) in [7, 11) is -4.37. The molecule has 0 aliphatic heterocycles. The second-order valence-corrected chi connectivity index (χ2v) is 15.7. The van der Waals surface area contributed by atoms with Gasteiger partial charge in [0.2, 0.25) is 0 Å². The minimum absolute atomic E-state index is 0.0547. The zero-order valence-electron chi connectivity index (χ0n) is 33.1. The van der Waals surface area contributed by atoms with Gasteiger partial charge in [0.1, 0.15) is 6.61 Å². The van der Waals surface area contributed by atoms with Crippen LogP contribution in [0.1, 0.15) is 206 Å². The van der Waals surface area contributed by atoms with Crippen LogP contribution in [0.15, 0.2) is 12.2 Å². The number of hydrogen-bond donors (Lipinski definition) is 2. The van der Waals surface area contributed by atoms with Crippen LogP contribution < -0.4 is 5.73 Å². The van der Waals surface area contributed by atoms with Gasteiger partial charge in [-0.05, 0) is 38.5 Å². The second-order valence-electron chi connectivity index (χ2n) is 14.2. The number of rotatable bonds is 40. The fraction of sp³-hybridized carbons (Fsp3) is 0.902. The molecule has 0 aromatic rings. The minimum Gasteiger partial charge on any atom is -0.462 e. The van der Waals surface area contributed by atoms with Gasteiger partial charge in [-0.15, -0.1) is 0 Å². The van der Waals surface area contributed by atoms with E-state index >= 15 is 0 Å². The standard InChI is InChI=1S/C41H80NO8P/c1-3-5-7-9-11-13-15-17-18-19-20-21-22-24-25-27-29-31-33-40(43)47-37-39(38-49-51(45,46)48-36-35-42)50-41(44)34-32-30-28-26-23-16-14-12-10-8-6-4-2/h12,14,39H,3-11,13,15-38,42H2,1-2H3,(H,45,46)/b14-12-. The van der Waals surface area contributed by atoms with Crippen molar-refractivity contribution >= 4 is 19.8 Å². The number of hydrogen-bond acceptors (Lipinski definition) is 8. The molecule has 51 heavy (non-hydrogen) atoms. The lowest BCUT2D eigenvalue weighted by Gasteiger charge is -2.19. The maximum Gasteiger partial charge on any atom is 0.472 e. The zero-order valence-corrected chi connectivity index (χ0v) is 34.0. The lowest BCUT2D eigenvalue weighted by Crippen LogP contribution is -2.29. The number of allylic oxidation sites excluding steroid dienone is 2. The smallest absolute Gasteiger partial charge is 0.462 e. The maximum atomic E-state index is 12.5. The van der Waals surface area contributed by atoms with Gasteiger partial charge in [0, 0.05) is 19.4 Å². The van der Waals surface area contributed by atoms with E-state index in [2.05, 4.69) is 26.0 Å². The molecule has 0 bridgehead atoms. The van der Waals surface area contributed by atoms with Gasteiger partial charge < -0.3 is 20.1 Å². The molecule has 0 saturated carbocycles. The van der Waals surface area contributed by atoms with Crippen LogP contribution in [-0.2, 0) is 32.7 Å². The summed E-state index contributed by atoms with van der Waals surface area (Å²) < 4.78 is 32.7. The third-order valence-corrected chi connectivity index (χ3v) is 10.1. The van der Waals surface area contributed by atoms with Gasteiger partial charge in [-0.3, -0.25) is 18.6 Å². The van der Waals surface area contributed by atoms with Crippen molar-refractivity contribution in [3.8, 4) is 0 Å². The fourth-order valence-electron chi connectivity index (χ4n) is 5.98. The summed E-state index contributed by atoms with van der Waals surface area (Å²) in [6.45, 7) is 3.72. The predicted octanol–water partition coefficient (Wildman–Crippen LogP) is 11.8. The van der Waals surface area contributed by atoms with E-state index in [4.69, 9.17) is 24.3 Å². The van der Waals surface area contributed by atoms with Gasteiger partial charge in [0.15, 0.2) is 6.10 Å². The average Bonchev–Trinajstić information content (AvgIpc) is 3.11. The molecule has 0 aromatic heterocycles. The molecular formula is C41H80NO8P. The first-order valence-electron chi connectivity index (χ1n) is 21.2. The van der Waals surface area contributed by atoms with Crippen molar-refractivity contribution in [3.63, 3.8) is 0 Å². The molecule has 0 aromatic carbocycles. The third-order valence-electron chi connectivity index (χ3n) is 9.15. The molecule has 0 aliphatic carbocycles. The molecule has 0 heterocycles. The van der Waals surface area contributed by atoms with Crippen molar-refractivity contribution in [2.45, 2.75) is 213 Å². The summed E-state index contributed by atoms with van der Waals surface area (Å²) in [6.07, 6.45) is 38.1. The molecule has 2 atom stereocenters. The van der Waals surface area contributed by atoms with Crippen LogP contribution in [0.3, 0.4) is 0 Å². The van der Waals surface area contributed by atoms with Crippen LogP contribution in [0.5, 0.6) is 0 Å². The highest BCUT2D eigenvalue weighted by Crippen LogP contribution is 2.43. The molecule has 2 unspecified atom stereocenters. The van der Waals surface area contributed by atoms with Gasteiger partial charge in [-0.1, -0.05) is 167 Å². The van der Waals surface area contributed by atoms with E-state index in [-0.39, 0.29) is 38.6 Å². The Labute approximate surface area is 313 Å². The molecule has 3 N–H and O–H groups in total. The Morgan fingerprint density at radius 1 is 0.569 bits per heavy atom. The van der Waals surface area contributed by atoms with E-state index in [1.807, 2.05) is 0 Å². The van der Waals surface area contributed by atoms with Crippen molar-refractivity contribution in [3.05, 3.63) is 12.2 Å². The highest BCUT2D eigenvalue weighted by molar-refractivity contribution is 7.47. The Balaban J connectivity index is 4.10. The molecule has 0 rings (SSSR count). The first-order valence-corrected chi connectivity index (χ1v) is 22.7. The highest BCUT2D eigenvalue weighted by atomic mass is 31.2. The average molecular weight is 746 g/mol. The first kappa shape index (κ1) is 49.8. The van der Waals surface area contributed by atoms with Gasteiger partial charge in [0.25, 0.3) is 0 Å². The second kappa shape index (κ2) is 38.5. The van der Waals surface area contributed by atoms with Crippen LogP contribution in [0, 0.1) is 0 Å². The molecule has 0 saturated heterocycles. The number of carbonyl (C=O) groups is 2. The molecular weight excluding hydrogens is 665 g/mol. The number of unbranched alkanes of at least 4 members (excludes halogenated alkanes) is 25. The summed E-state index contributed by atoms with van der Waals surface area (Å²) in [5, 5.41) is 0. The summed E-state index contributed by atoms with van der Waals surface area (Å²) in [4.78, 5) is 34.8. The van der Waals surface area contributed by atoms with Crippen molar-refractivity contribution < 1.29 is 37.6 Å². The van der Waals surface area contributed by atoms with E-state index in [1.54, 1.807) is 0 Å². The van der Waals surface area contributed by atoms with Gasteiger partial charge in [0.05, 0.1) is 13.2 Å². The first-order chi connectivity index (χ1) is 24.8. The van der Waals surface area contributed by atoms with E-state index in [0.717, 1.165) is 57.8 Å². The monoisotopic (exact) mass is 746 g/mol. The third kappa shape index (κ3) is 38.3. The van der Waals surface area contributed by atoms with Crippen molar-refractivity contribution in [2.75, 3.05) is 26.4 Å². The molecule has 302 valence electrons. The number of ether oxygens (including phenoxy) is 2. The predicted molar refractivity (Wildman–Crippen MR) is 211 cm³/mol. The number of carbonyl (C=O) groups excluding carboxylic acids is 2. The van der Waals surface area contributed by atoms with Crippen LogP contribution in [0.25, 0.3) is 0 Å². The topological polar surface area (TPSA) is 134 Å². The SMILES string of the molecule is CCCCC/C=C\CCCCCCCC(=O)OC(COC(=O)CCCCCCCCCCCCCCCCCCCC)COP(=O)(O)OCCN. The van der Waals surface area contributed by atoms with Crippen molar-refractivity contribution in [1.29, 1.82) is 0 Å². The lowest BCUT2D eigenvalue weighted by molar-refractivity contribution is -0.161. The van der Waals surface area contributed by atoms with Crippen molar-refractivity contribution in [2.24, 2.45) is 5.73 Å². The highest BCUT2D eigenvalue weighted by Gasteiger charge is 2.26. The summed E-state index contributed by atoms with van der Waals surface area (Å²) >= 11 is 0. The summed E-state index contributed by atoms with van der Waals surface area (Å²) in [5.41, 5.74) is 5.34. The van der Waals surface area contributed by atoms with Crippen molar-refractivity contribution in [1.82, 2.24) is 0 Å². The Bertz CT molecular complexity index is 856. The molecule has 0 radical (unpaired) electrons. The van der Waals surface area contributed by atoms with E-state index in [1.165, 1.54) is 116 Å². The largest absolute Gasteiger partial charge is 0.472 e. The number of esters is 2. The van der Waals surface area contributed by atoms with Gasteiger partial charge >= 0.3 is 19.8 Å². The molecule has 0 amide bonds.